The van der Waals surface area contributed by atoms with Crippen molar-refractivity contribution in [2.24, 2.45) is 5.73 Å². The summed E-state index contributed by atoms with van der Waals surface area (Å²) in [7, 11) is 0. The van der Waals surface area contributed by atoms with Crippen molar-refractivity contribution in [1.29, 1.82) is 0 Å². The molecular formula is C12H23N3O. The standard InChI is InChI=1S/C12H23N3O/c1-5-9-14(10-6-2)15(11(3)4)12(16)7-8-13/h5-6,11H,1-2,7-10,13H2,3-4H3. The van der Waals surface area contributed by atoms with Gasteiger partial charge in [-0.3, -0.25) is 9.80 Å². The summed E-state index contributed by atoms with van der Waals surface area (Å²) in [5.41, 5.74) is 5.41. The first-order chi connectivity index (χ1) is 7.58. The first-order valence-corrected chi connectivity index (χ1v) is 5.57. The molecule has 0 bridgehead atoms. The average molecular weight is 225 g/mol. The smallest absolute Gasteiger partial charge is 0.238 e. The first-order valence-electron chi connectivity index (χ1n) is 5.57. The van der Waals surface area contributed by atoms with Crippen molar-refractivity contribution in [2.75, 3.05) is 19.6 Å². The van der Waals surface area contributed by atoms with Crippen LogP contribution in [0.2, 0.25) is 0 Å². The summed E-state index contributed by atoms with van der Waals surface area (Å²) in [6.07, 6.45) is 3.91. The van der Waals surface area contributed by atoms with E-state index < -0.39 is 0 Å². The summed E-state index contributed by atoms with van der Waals surface area (Å²) in [4.78, 5) is 11.9. The topological polar surface area (TPSA) is 49.6 Å². The fourth-order valence-corrected chi connectivity index (χ4v) is 1.56. The van der Waals surface area contributed by atoms with Gasteiger partial charge < -0.3 is 5.73 Å². The third kappa shape index (κ3) is 4.59. The summed E-state index contributed by atoms with van der Waals surface area (Å²) in [6, 6.07) is 0.110. The molecule has 0 aromatic rings. The molecule has 16 heavy (non-hydrogen) atoms. The van der Waals surface area contributed by atoms with Crippen molar-refractivity contribution in [3.05, 3.63) is 25.3 Å². The Morgan fingerprint density at radius 2 is 1.81 bits per heavy atom. The molecule has 0 fully saturated rings. The molecule has 0 unspecified atom stereocenters. The van der Waals surface area contributed by atoms with Crippen LogP contribution in [0.1, 0.15) is 20.3 Å². The number of nitrogens with two attached hydrogens (primary N) is 1. The molecule has 1 amide bonds. The monoisotopic (exact) mass is 225 g/mol. The van der Waals surface area contributed by atoms with Gasteiger partial charge in [-0.05, 0) is 13.8 Å². The second kappa shape index (κ2) is 8.07. The lowest BCUT2D eigenvalue weighted by molar-refractivity contribution is -0.151. The minimum atomic E-state index is 0.0428. The second-order valence-corrected chi connectivity index (χ2v) is 3.82. The largest absolute Gasteiger partial charge is 0.330 e. The second-order valence-electron chi connectivity index (χ2n) is 3.82. The zero-order valence-electron chi connectivity index (χ0n) is 10.4. The van der Waals surface area contributed by atoms with Gasteiger partial charge in [0.25, 0.3) is 0 Å². The third-order valence-electron chi connectivity index (χ3n) is 2.09. The van der Waals surface area contributed by atoms with E-state index in [2.05, 4.69) is 13.2 Å². The van der Waals surface area contributed by atoms with Gasteiger partial charge >= 0.3 is 0 Å². The third-order valence-corrected chi connectivity index (χ3v) is 2.09. The lowest BCUT2D eigenvalue weighted by Crippen LogP contribution is -2.50. The van der Waals surface area contributed by atoms with E-state index in [1.807, 2.05) is 18.9 Å². The van der Waals surface area contributed by atoms with Crippen LogP contribution in [0.25, 0.3) is 0 Å². The van der Waals surface area contributed by atoms with Gasteiger partial charge in [0.2, 0.25) is 5.91 Å². The maximum Gasteiger partial charge on any atom is 0.238 e. The first kappa shape index (κ1) is 14.9. The lowest BCUT2D eigenvalue weighted by atomic mass is 10.3. The summed E-state index contributed by atoms with van der Waals surface area (Å²) in [5, 5.41) is 3.65. The van der Waals surface area contributed by atoms with Gasteiger partial charge in [0.1, 0.15) is 0 Å². The molecule has 2 N–H and O–H groups in total. The highest BCUT2D eigenvalue weighted by Gasteiger charge is 2.21. The Balaban J connectivity index is 4.74. The van der Waals surface area contributed by atoms with Gasteiger partial charge in [-0.1, -0.05) is 12.2 Å². The summed E-state index contributed by atoms with van der Waals surface area (Å²) in [6.45, 7) is 13.0. The molecule has 0 heterocycles. The van der Waals surface area contributed by atoms with Crippen molar-refractivity contribution < 1.29 is 4.79 Å². The number of carbonyl (C=O) groups is 1. The molecule has 0 radical (unpaired) electrons. The summed E-state index contributed by atoms with van der Waals surface area (Å²) >= 11 is 0. The Kier molecular flexibility index (Phi) is 7.50. The molecule has 4 nitrogen and oxygen atoms in total. The van der Waals surface area contributed by atoms with Crippen molar-refractivity contribution in [3.63, 3.8) is 0 Å². The number of hydrazine groups is 1. The van der Waals surface area contributed by atoms with Crippen LogP contribution in [0.3, 0.4) is 0 Å². The molecular weight excluding hydrogens is 202 g/mol. The number of carbonyl (C=O) groups excluding carboxylic acids is 1. The molecule has 0 aromatic carbocycles. The van der Waals surface area contributed by atoms with E-state index in [-0.39, 0.29) is 11.9 Å². The highest BCUT2D eigenvalue weighted by Crippen LogP contribution is 2.07. The molecule has 0 aliphatic heterocycles. The molecule has 0 aliphatic rings. The fourth-order valence-electron chi connectivity index (χ4n) is 1.56. The van der Waals surface area contributed by atoms with Gasteiger partial charge in [0.05, 0.1) is 0 Å². The van der Waals surface area contributed by atoms with Crippen LogP contribution >= 0.6 is 0 Å². The minimum Gasteiger partial charge on any atom is -0.330 e. The van der Waals surface area contributed by atoms with E-state index in [9.17, 15) is 4.79 Å². The number of hydrogen-bond acceptors (Lipinski definition) is 3. The Morgan fingerprint density at radius 3 is 2.12 bits per heavy atom. The van der Waals surface area contributed by atoms with Gasteiger partial charge in [0, 0.05) is 32.1 Å². The average Bonchev–Trinajstić information content (AvgIpc) is 2.18. The van der Waals surface area contributed by atoms with E-state index in [4.69, 9.17) is 5.73 Å². The SMILES string of the molecule is C=CCN(CC=C)N(C(=O)CCN)C(C)C. The number of nitrogens with zero attached hydrogens (tertiary/aromatic N) is 2. The molecule has 0 spiro atoms. The van der Waals surface area contributed by atoms with Gasteiger partial charge in [-0.25, -0.2) is 5.01 Å². The number of hydrogen-bond donors (Lipinski definition) is 1. The molecule has 0 aliphatic carbocycles. The molecule has 0 atom stereocenters. The zero-order valence-corrected chi connectivity index (χ0v) is 10.4. The molecule has 0 saturated carbocycles. The maximum atomic E-state index is 11.9. The van der Waals surface area contributed by atoms with Crippen molar-refractivity contribution in [1.82, 2.24) is 10.0 Å². The predicted octanol–water partition coefficient (Wildman–Crippen LogP) is 1.16. The van der Waals surface area contributed by atoms with Crippen LogP contribution < -0.4 is 5.73 Å². The Hall–Kier alpha value is -1.13. The van der Waals surface area contributed by atoms with Gasteiger partial charge in [-0.15, -0.1) is 13.2 Å². The Bertz CT molecular complexity index is 228. The van der Waals surface area contributed by atoms with Crippen LogP contribution in [0, 0.1) is 0 Å². The van der Waals surface area contributed by atoms with Crippen LogP contribution in [0.15, 0.2) is 25.3 Å². The van der Waals surface area contributed by atoms with Gasteiger partial charge in [-0.2, -0.15) is 0 Å². The van der Waals surface area contributed by atoms with E-state index in [0.29, 0.717) is 26.1 Å². The number of rotatable bonds is 8. The van der Waals surface area contributed by atoms with Gasteiger partial charge in [0.15, 0.2) is 0 Å². The van der Waals surface area contributed by atoms with Crippen LogP contribution in [-0.4, -0.2) is 41.6 Å². The lowest BCUT2D eigenvalue weighted by Gasteiger charge is -2.36. The molecule has 0 rings (SSSR count). The van der Waals surface area contributed by atoms with Crippen LogP contribution in [0.5, 0.6) is 0 Å². The Morgan fingerprint density at radius 1 is 1.31 bits per heavy atom. The Labute approximate surface area is 98.4 Å². The summed E-state index contributed by atoms with van der Waals surface area (Å²) in [5.74, 6) is 0.0428. The fraction of sp³-hybridized carbons (Fsp3) is 0.583. The number of amides is 1. The van der Waals surface area contributed by atoms with Crippen molar-refractivity contribution in [2.45, 2.75) is 26.3 Å². The molecule has 0 aromatic heterocycles. The van der Waals surface area contributed by atoms with Crippen molar-refractivity contribution in [3.8, 4) is 0 Å². The van der Waals surface area contributed by atoms with Crippen molar-refractivity contribution >= 4 is 5.91 Å². The zero-order chi connectivity index (χ0) is 12.6. The molecule has 0 saturated heterocycles. The predicted molar refractivity (Wildman–Crippen MR) is 67.6 cm³/mol. The molecule has 4 heteroatoms. The highest BCUT2D eigenvalue weighted by atomic mass is 16.2. The van der Waals surface area contributed by atoms with Crippen LogP contribution in [0.4, 0.5) is 0 Å². The van der Waals surface area contributed by atoms with E-state index in [1.165, 1.54) is 0 Å². The van der Waals surface area contributed by atoms with Crippen LogP contribution in [-0.2, 0) is 4.79 Å². The van der Waals surface area contributed by atoms with E-state index >= 15 is 0 Å². The van der Waals surface area contributed by atoms with E-state index in [0.717, 1.165) is 0 Å². The van der Waals surface area contributed by atoms with E-state index in [1.54, 1.807) is 17.2 Å². The normalized spacial score (nSPS) is 10.6. The maximum absolute atomic E-state index is 11.9. The minimum absolute atomic E-state index is 0.0428. The quantitative estimate of drug-likeness (QED) is 0.498. The highest BCUT2D eigenvalue weighted by molar-refractivity contribution is 5.76. The molecule has 92 valence electrons. The summed E-state index contributed by atoms with van der Waals surface area (Å²) < 4.78 is 0.